The van der Waals surface area contributed by atoms with Crippen LogP contribution in [0.15, 0.2) is 29.3 Å². The molecule has 0 saturated carbocycles. The Morgan fingerprint density at radius 3 is 2.59 bits per heavy atom. The molecule has 1 aromatic carbocycles. The molecule has 0 spiro atoms. The van der Waals surface area contributed by atoms with Crippen molar-refractivity contribution in [2.75, 3.05) is 40.9 Å². The molecule has 1 aliphatic heterocycles. The normalized spacial score (nSPS) is 16.6. The SMILES string of the molecule is CN=C(NCCCCCC(=O)OC)N1CCC(c2ccc(OC)cc2)C1.I. The Balaban J connectivity index is 0.00000364. The fourth-order valence-electron chi connectivity index (χ4n) is 3.31. The second-order valence-electron chi connectivity index (χ2n) is 6.57. The van der Waals surface area contributed by atoms with Crippen LogP contribution in [0.5, 0.6) is 5.75 Å². The summed E-state index contributed by atoms with van der Waals surface area (Å²) in [6, 6.07) is 8.37. The number of hydrogen-bond donors (Lipinski definition) is 1. The average molecular weight is 489 g/mol. The number of benzene rings is 1. The lowest BCUT2D eigenvalue weighted by molar-refractivity contribution is -0.140. The van der Waals surface area contributed by atoms with E-state index in [-0.39, 0.29) is 29.9 Å². The molecule has 1 N–H and O–H groups in total. The van der Waals surface area contributed by atoms with Crippen LogP contribution in [0, 0.1) is 0 Å². The van der Waals surface area contributed by atoms with Crippen molar-refractivity contribution < 1.29 is 14.3 Å². The molecule has 1 heterocycles. The van der Waals surface area contributed by atoms with E-state index in [9.17, 15) is 4.79 Å². The van der Waals surface area contributed by atoms with Gasteiger partial charge in [0, 0.05) is 39.0 Å². The van der Waals surface area contributed by atoms with E-state index in [0.29, 0.717) is 12.3 Å². The van der Waals surface area contributed by atoms with E-state index < -0.39 is 0 Å². The fourth-order valence-corrected chi connectivity index (χ4v) is 3.31. The molecule has 0 amide bonds. The van der Waals surface area contributed by atoms with Crippen LogP contribution in [0.1, 0.15) is 43.6 Å². The van der Waals surface area contributed by atoms with Crippen molar-refractivity contribution in [3.63, 3.8) is 0 Å². The van der Waals surface area contributed by atoms with Gasteiger partial charge in [-0.3, -0.25) is 9.79 Å². The lowest BCUT2D eigenvalue weighted by Crippen LogP contribution is -2.40. The average Bonchev–Trinajstić information content (AvgIpc) is 3.17. The van der Waals surface area contributed by atoms with E-state index in [0.717, 1.165) is 57.0 Å². The molecular weight excluding hydrogens is 457 g/mol. The van der Waals surface area contributed by atoms with Crippen molar-refractivity contribution in [1.82, 2.24) is 10.2 Å². The number of ether oxygens (including phenoxy) is 2. The highest BCUT2D eigenvalue weighted by molar-refractivity contribution is 14.0. The molecule has 6 nitrogen and oxygen atoms in total. The van der Waals surface area contributed by atoms with E-state index in [1.54, 1.807) is 7.11 Å². The largest absolute Gasteiger partial charge is 0.497 e. The molecule has 1 unspecified atom stereocenters. The first-order chi connectivity index (χ1) is 12.7. The molecule has 7 heteroatoms. The number of likely N-dealkylation sites (tertiary alicyclic amines) is 1. The molecule has 0 bridgehead atoms. The number of rotatable bonds is 8. The van der Waals surface area contributed by atoms with Crippen molar-refractivity contribution in [1.29, 1.82) is 0 Å². The molecule has 1 atom stereocenters. The van der Waals surface area contributed by atoms with Gasteiger partial charge in [0.1, 0.15) is 5.75 Å². The predicted octanol–water partition coefficient (Wildman–Crippen LogP) is 3.41. The molecule has 1 saturated heterocycles. The quantitative estimate of drug-likeness (QED) is 0.199. The number of methoxy groups -OCH3 is 2. The summed E-state index contributed by atoms with van der Waals surface area (Å²) in [5.41, 5.74) is 1.35. The number of esters is 1. The Morgan fingerprint density at radius 1 is 1.22 bits per heavy atom. The highest BCUT2D eigenvalue weighted by Gasteiger charge is 2.25. The van der Waals surface area contributed by atoms with Crippen molar-refractivity contribution in [3.05, 3.63) is 29.8 Å². The van der Waals surface area contributed by atoms with Gasteiger partial charge in [0.05, 0.1) is 14.2 Å². The van der Waals surface area contributed by atoms with Gasteiger partial charge in [-0.1, -0.05) is 18.6 Å². The smallest absolute Gasteiger partial charge is 0.305 e. The van der Waals surface area contributed by atoms with Gasteiger partial charge in [-0.05, 0) is 37.0 Å². The number of hydrogen-bond acceptors (Lipinski definition) is 4. The molecule has 0 aliphatic carbocycles. The van der Waals surface area contributed by atoms with Crippen LogP contribution >= 0.6 is 24.0 Å². The minimum absolute atomic E-state index is 0. The zero-order valence-corrected chi connectivity index (χ0v) is 18.9. The zero-order valence-electron chi connectivity index (χ0n) is 16.6. The van der Waals surface area contributed by atoms with E-state index in [1.165, 1.54) is 12.7 Å². The molecule has 152 valence electrons. The maximum atomic E-state index is 11.1. The van der Waals surface area contributed by atoms with E-state index >= 15 is 0 Å². The monoisotopic (exact) mass is 489 g/mol. The maximum absolute atomic E-state index is 11.1. The number of carbonyl (C=O) groups excluding carboxylic acids is 1. The summed E-state index contributed by atoms with van der Waals surface area (Å²) in [6.07, 6.45) is 4.53. The summed E-state index contributed by atoms with van der Waals surface area (Å²) in [4.78, 5) is 17.8. The third-order valence-corrected chi connectivity index (χ3v) is 4.86. The number of unbranched alkanes of at least 4 members (excludes halogenated alkanes) is 2. The lowest BCUT2D eigenvalue weighted by Gasteiger charge is -2.22. The van der Waals surface area contributed by atoms with Crippen molar-refractivity contribution in [2.45, 2.75) is 38.0 Å². The van der Waals surface area contributed by atoms with Gasteiger partial charge in [-0.2, -0.15) is 0 Å². The van der Waals surface area contributed by atoms with Gasteiger partial charge in [0.25, 0.3) is 0 Å². The predicted molar refractivity (Wildman–Crippen MR) is 119 cm³/mol. The summed E-state index contributed by atoms with van der Waals surface area (Å²) in [6.45, 7) is 2.87. The summed E-state index contributed by atoms with van der Waals surface area (Å²) in [7, 11) is 4.96. The Labute approximate surface area is 179 Å². The van der Waals surface area contributed by atoms with Crippen LogP contribution < -0.4 is 10.1 Å². The first-order valence-electron chi connectivity index (χ1n) is 9.34. The third-order valence-electron chi connectivity index (χ3n) is 4.86. The van der Waals surface area contributed by atoms with Gasteiger partial charge in [0.15, 0.2) is 5.96 Å². The van der Waals surface area contributed by atoms with Crippen molar-refractivity contribution >= 4 is 35.9 Å². The molecule has 1 aromatic rings. The van der Waals surface area contributed by atoms with E-state index in [2.05, 4.69) is 32.1 Å². The van der Waals surface area contributed by atoms with Crippen LogP contribution in [-0.2, 0) is 9.53 Å². The van der Waals surface area contributed by atoms with E-state index in [1.807, 2.05) is 19.2 Å². The maximum Gasteiger partial charge on any atom is 0.305 e. The highest BCUT2D eigenvalue weighted by atomic mass is 127. The number of carbonyl (C=O) groups is 1. The first kappa shape index (κ1) is 23.5. The summed E-state index contributed by atoms with van der Waals surface area (Å²) < 4.78 is 9.89. The minimum Gasteiger partial charge on any atom is -0.497 e. The molecule has 0 radical (unpaired) electrons. The molecule has 2 rings (SSSR count). The number of nitrogens with one attached hydrogen (secondary N) is 1. The minimum atomic E-state index is -0.129. The van der Waals surface area contributed by atoms with Crippen LogP contribution in [0.25, 0.3) is 0 Å². The standard InChI is InChI=1S/C20H31N3O3.HI/c1-21-20(22-13-6-4-5-7-19(24)26-3)23-14-12-17(15-23)16-8-10-18(25-2)11-9-16;/h8-11,17H,4-7,12-15H2,1-3H3,(H,21,22);1H. The van der Waals surface area contributed by atoms with Gasteiger partial charge >= 0.3 is 5.97 Å². The summed E-state index contributed by atoms with van der Waals surface area (Å²) in [5, 5.41) is 3.44. The number of guanidine groups is 1. The second-order valence-corrected chi connectivity index (χ2v) is 6.57. The van der Waals surface area contributed by atoms with Crippen molar-refractivity contribution in [3.8, 4) is 5.75 Å². The van der Waals surface area contributed by atoms with Crippen LogP contribution in [0.3, 0.4) is 0 Å². The van der Waals surface area contributed by atoms with Crippen LogP contribution in [0.2, 0.25) is 0 Å². The van der Waals surface area contributed by atoms with Crippen LogP contribution in [-0.4, -0.2) is 57.7 Å². The van der Waals surface area contributed by atoms with Gasteiger partial charge in [-0.25, -0.2) is 0 Å². The van der Waals surface area contributed by atoms with Crippen LogP contribution in [0.4, 0.5) is 0 Å². The Kier molecular flexibility index (Phi) is 11.2. The Bertz CT molecular complexity index is 593. The Hall–Kier alpha value is -1.51. The van der Waals surface area contributed by atoms with Gasteiger partial charge in [0.2, 0.25) is 0 Å². The second kappa shape index (κ2) is 12.8. The number of nitrogens with zero attached hydrogens (tertiary/aromatic N) is 2. The van der Waals surface area contributed by atoms with Crippen molar-refractivity contribution in [2.24, 2.45) is 4.99 Å². The lowest BCUT2D eigenvalue weighted by atomic mass is 9.98. The molecule has 27 heavy (non-hydrogen) atoms. The zero-order chi connectivity index (χ0) is 18.8. The molecule has 0 aromatic heterocycles. The Morgan fingerprint density at radius 2 is 1.96 bits per heavy atom. The highest BCUT2D eigenvalue weighted by Crippen LogP contribution is 2.28. The number of aliphatic imine (C=N–C) groups is 1. The summed E-state index contributed by atoms with van der Waals surface area (Å²) in [5.74, 6) is 2.26. The third kappa shape index (κ3) is 7.56. The molecule has 1 fully saturated rings. The number of halogens is 1. The first-order valence-corrected chi connectivity index (χ1v) is 9.34. The topological polar surface area (TPSA) is 63.2 Å². The fraction of sp³-hybridized carbons (Fsp3) is 0.600. The molecular formula is C20H32IN3O3. The summed E-state index contributed by atoms with van der Waals surface area (Å²) >= 11 is 0. The van der Waals surface area contributed by atoms with E-state index in [4.69, 9.17) is 4.74 Å². The van der Waals surface area contributed by atoms with Gasteiger partial charge in [-0.15, -0.1) is 24.0 Å². The van der Waals surface area contributed by atoms with Gasteiger partial charge < -0.3 is 19.7 Å². The molecule has 1 aliphatic rings.